The maximum absolute atomic E-state index is 12.3. The lowest BCUT2D eigenvalue weighted by molar-refractivity contribution is -0.141. The maximum atomic E-state index is 12.3. The number of carboxylic acid groups (broad SMARTS) is 1. The van der Waals surface area contributed by atoms with Crippen LogP contribution < -0.4 is 0 Å². The highest BCUT2D eigenvalue weighted by molar-refractivity contribution is 7.99. The molecule has 1 saturated carbocycles. The molecule has 3 atom stereocenters. The Labute approximate surface area is 119 Å². The van der Waals surface area contributed by atoms with E-state index in [0.29, 0.717) is 12.8 Å². The van der Waals surface area contributed by atoms with Crippen molar-refractivity contribution in [2.75, 3.05) is 18.6 Å². The molecule has 4 nitrogen and oxygen atoms in total. The number of thioether (sulfide) groups is 1. The Bertz CT molecular complexity index is 322. The van der Waals surface area contributed by atoms with Crippen molar-refractivity contribution in [3.8, 4) is 0 Å². The van der Waals surface area contributed by atoms with E-state index >= 15 is 0 Å². The van der Waals surface area contributed by atoms with E-state index in [9.17, 15) is 9.59 Å². The minimum absolute atomic E-state index is 0.0904. The molecule has 0 heterocycles. The van der Waals surface area contributed by atoms with Gasteiger partial charge in [0.2, 0.25) is 5.91 Å². The molecule has 1 N–H and O–H groups in total. The largest absolute Gasteiger partial charge is 0.481 e. The minimum atomic E-state index is -0.759. The first-order valence-corrected chi connectivity index (χ1v) is 8.20. The fourth-order valence-electron chi connectivity index (χ4n) is 2.53. The number of aliphatic carboxylic acids is 1. The molecule has 1 aliphatic carbocycles. The van der Waals surface area contributed by atoms with E-state index < -0.39 is 5.97 Å². The molecule has 0 aliphatic heterocycles. The number of rotatable bonds is 7. The van der Waals surface area contributed by atoms with Crippen LogP contribution in [0.4, 0.5) is 0 Å². The summed E-state index contributed by atoms with van der Waals surface area (Å²) in [4.78, 5) is 25.0. The summed E-state index contributed by atoms with van der Waals surface area (Å²) < 4.78 is 0. The van der Waals surface area contributed by atoms with E-state index in [2.05, 4.69) is 13.8 Å². The topological polar surface area (TPSA) is 57.6 Å². The number of hydrogen-bond donors (Lipinski definition) is 1. The summed E-state index contributed by atoms with van der Waals surface area (Å²) >= 11 is 1.89. The molecule has 0 spiro atoms. The smallest absolute Gasteiger partial charge is 0.306 e. The fourth-order valence-corrected chi connectivity index (χ4v) is 3.32. The molecule has 5 heteroatoms. The molecule has 1 rings (SSSR count). The van der Waals surface area contributed by atoms with Crippen LogP contribution in [0.5, 0.6) is 0 Å². The van der Waals surface area contributed by atoms with Crippen molar-refractivity contribution in [3.05, 3.63) is 0 Å². The van der Waals surface area contributed by atoms with Crippen molar-refractivity contribution in [3.63, 3.8) is 0 Å². The summed E-state index contributed by atoms with van der Waals surface area (Å²) in [6.07, 6.45) is 2.86. The van der Waals surface area contributed by atoms with Crippen LogP contribution >= 0.6 is 11.8 Å². The average Bonchev–Trinajstić information content (AvgIpc) is 2.86. The first-order chi connectivity index (χ1) is 8.97. The van der Waals surface area contributed by atoms with Crippen LogP contribution in [0, 0.1) is 11.8 Å². The summed E-state index contributed by atoms with van der Waals surface area (Å²) in [5, 5.41) is 8.98. The molecular weight excluding hydrogens is 262 g/mol. The van der Waals surface area contributed by atoms with Crippen molar-refractivity contribution in [1.82, 2.24) is 4.90 Å². The van der Waals surface area contributed by atoms with E-state index in [1.165, 1.54) is 0 Å². The van der Waals surface area contributed by atoms with E-state index in [-0.39, 0.29) is 23.8 Å². The Morgan fingerprint density at radius 2 is 2.00 bits per heavy atom. The van der Waals surface area contributed by atoms with Gasteiger partial charge in [-0.3, -0.25) is 9.59 Å². The van der Waals surface area contributed by atoms with Gasteiger partial charge >= 0.3 is 5.97 Å². The van der Waals surface area contributed by atoms with Crippen LogP contribution in [0.2, 0.25) is 0 Å². The lowest BCUT2D eigenvalue weighted by Crippen LogP contribution is -2.39. The first-order valence-electron chi connectivity index (χ1n) is 7.04. The zero-order chi connectivity index (χ0) is 14.4. The molecule has 0 aromatic heterocycles. The fraction of sp³-hybridized carbons (Fsp3) is 0.857. The monoisotopic (exact) mass is 287 g/mol. The summed E-state index contributed by atoms with van der Waals surface area (Å²) in [5.74, 6) is 1.12. The van der Waals surface area contributed by atoms with Gasteiger partial charge in [0.1, 0.15) is 0 Å². The van der Waals surface area contributed by atoms with Crippen molar-refractivity contribution in [2.45, 2.75) is 45.6 Å². The summed E-state index contributed by atoms with van der Waals surface area (Å²) in [5.41, 5.74) is 0. The van der Waals surface area contributed by atoms with Gasteiger partial charge in [-0.05, 0) is 44.1 Å². The van der Waals surface area contributed by atoms with Crippen molar-refractivity contribution < 1.29 is 14.7 Å². The second-order valence-electron chi connectivity index (χ2n) is 5.33. The van der Waals surface area contributed by atoms with Gasteiger partial charge in [-0.1, -0.05) is 6.92 Å². The SMILES string of the molecule is CCSCCC(C)N(C)C(=O)[C@@H]1CC[C@H](C(=O)O)C1. The van der Waals surface area contributed by atoms with Gasteiger partial charge in [0, 0.05) is 19.0 Å². The molecule has 0 saturated heterocycles. The van der Waals surface area contributed by atoms with Crippen molar-refractivity contribution in [1.29, 1.82) is 0 Å². The van der Waals surface area contributed by atoms with Crippen molar-refractivity contribution in [2.24, 2.45) is 11.8 Å². The average molecular weight is 287 g/mol. The van der Waals surface area contributed by atoms with Gasteiger partial charge in [-0.2, -0.15) is 11.8 Å². The Morgan fingerprint density at radius 1 is 1.37 bits per heavy atom. The molecule has 0 radical (unpaired) electrons. The Morgan fingerprint density at radius 3 is 2.53 bits per heavy atom. The number of amides is 1. The Balaban J connectivity index is 2.42. The van der Waals surface area contributed by atoms with Crippen LogP contribution in [-0.2, 0) is 9.59 Å². The number of nitrogens with zero attached hydrogens (tertiary/aromatic N) is 1. The Hall–Kier alpha value is -0.710. The summed E-state index contributed by atoms with van der Waals surface area (Å²) in [6, 6.07) is 0.232. The van der Waals surface area contributed by atoms with Crippen LogP contribution in [0.15, 0.2) is 0 Å². The van der Waals surface area contributed by atoms with Gasteiger partial charge in [-0.25, -0.2) is 0 Å². The third-order valence-corrected chi connectivity index (χ3v) is 4.96. The highest BCUT2D eigenvalue weighted by Crippen LogP contribution is 2.32. The second kappa shape index (κ2) is 7.78. The third-order valence-electron chi connectivity index (χ3n) is 4.02. The molecule has 0 aromatic carbocycles. The van der Waals surface area contributed by atoms with Gasteiger partial charge in [0.05, 0.1) is 5.92 Å². The van der Waals surface area contributed by atoms with E-state index in [4.69, 9.17) is 5.11 Å². The zero-order valence-corrected chi connectivity index (χ0v) is 12.9. The van der Waals surface area contributed by atoms with Crippen LogP contribution in [0.25, 0.3) is 0 Å². The quantitative estimate of drug-likeness (QED) is 0.731. The predicted molar refractivity (Wildman–Crippen MR) is 78.3 cm³/mol. The normalized spacial score (nSPS) is 24.2. The molecular formula is C14H25NO3S. The lowest BCUT2D eigenvalue weighted by atomic mass is 10.0. The van der Waals surface area contributed by atoms with Crippen LogP contribution in [-0.4, -0.2) is 46.5 Å². The Kier molecular flexibility index (Phi) is 6.69. The minimum Gasteiger partial charge on any atom is -0.481 e. The van der Waals surface area contributed by atoms with Gasteiger partial charge < -0.3 is 10.0 Å². The zero-order valence-electron chi connectivity index (χ0n) is 12.1. The molecule has 110 valence electrons. The summed E-state index contributed by atoms with van der Waals surface area (Å²) in [6.45, 7) is 4.20. The molecule has 19 heavy (non-hydrogen) atoms. The second-order valence-corrected chi connectivity index (χ2v) is 6.72. The standard InChI is InChI=1S/C14H25NO3S/c1-4-19-8-7-10(2)15(3)13(16)11-5-6-12(9-11)14(17)18/h10-12H,4-9H2,1-3H3,(H,17,18)/t10?,11-,12+/m1/s1. The highest BCUT2D eigenvalue weighted by Gasteiger charge is 2.35. The number of carbonyl (C=O) groups is 2. The summed E-state index contributed by atoms with van der Waals surface area (Å²) in [7, 11) is 1.84. The van der Waals surface area contributed by atoms with Crippen LogP contribution in [0.1, 0.15) is 39.5 Å². The molecule has 1 amide bonds. The van der Waals surface area contributed by atoms with Crippen LogP contribution in [0.3, 0.4) is 0 Å². The molecule has 0 bridgehead atoms. The van der Waals surface area contributed by atoms with E-state index in [1.807, 2.05) is 23.7 Å². The number of carbonyl (C=O) groups excluding carboxylic acids is 1. The molecule has 1 fully saturated rings. The maximum Gasteiger partial charge on any atom is 0.306 e. The van der Waals surface area contributed by atoms with Gasteiger partial charge in [-0.15, -0.1) is 0 Å². The van der Waals surface area contributed by atoms with E-state index in [0.717, 1.165) is 24.3 Å². The first kappa shape index (κ1) is 16.3. The highest BCUT2D eigenvalue weighted by atomic mass is 32.2. The number of carboxylic acids is 1. The predicted octanol–water partition coefficient (Wildman–Crippen LogP) is 2.48. The lowest BCUT2D eigenvalue weighted by Gasteiger charge is -2.27. The molecule has 1 aliphatic rings. The van der Waals surface area contributed by atoms with E-state index in [1.54, 1.807) is 0 Å². The molecule has 1 unspecified atom stereocenters. The molecule has 0 aromatic rings. The number of hydrogen-bond acceptors (Lipinski definition) is 3. The third kappa shape index (κ3) is 4.71. The van der Waals surface area contributed by atoms with Gasteiger partial charge in [0.15, 0.2) is 0 Å². The van der Waals surface area contributed by atoms with Gasteiger partial charge in [0.25, 0.3) is 0 Å². The van der Waals surface area contributed by atoms with Crippen molar-refractivity contribution >= 4 is 23.6 Å².